The Labute approximate surface area is 139 Å². The second-order valence-electron chi connectivity index (χ2n) is 6.29. The molecule has 1 aliphatic rings. The molecule has 0 aromatic carbocycles. The molecule has 0 aliphatic heterocycles. The highest BCUT2D eigenvalue weighted by atomic mass is 32.2. The molecule has 136 valence electrons. The first-order valence-electron chi connectivity index (χ1n) is 7.71. The van der Waals surface area contributed by atoms with E-state index in [0.717, 1.165) is 25.1 Å². The van der Waals surface area contributed by atoms with Gasteiger partial charge in [-0.3, -0.25) is 0 Å². The first-order chi connectivity index (χ1) is 11.0. The molecule has 0 spiro atoms. The minimum atomic E-state index is -4.47. The topological polar surface area (TPSA) is 59.5 Å². The molecule has 1 heterocycles. The molecule has 24 heavy (non-hydrogen) atoms. The summed E-state index contributed by atoms with van der Waals surface area (Å²) in [6, 6.07) is 2.18. The van der Waals surface area contributed by atoms with Gasteiger partial charge in [-0.15, -0.1) is 0 Å². The molecule has 0 amide bonds. The Bertz CT molecular complexity index is 656. The van der Waals surface area contributed by atoms with Crippen LogP contribution >= 0.6 is 0 Å². The summed E-state index contributed by atoms with van der Waals surface area (Å²) in [6.07, 6.45) is -1.79. The summed E-state index contributed by atoms with van der Waals surface area (Å²) in [5.41, 5.74) is 0. The third-order valence-corrected chi connectivity index (χ3v) is 5.96. The van der Waals surface area contributed by atoms with E-state index in [1.54, 1.807) is 0 Å². The van der Waals surface area contributed by atoms with Gasteiger partial charge in [-0.25, -0.2) is 13.4 Å². The highest BCUT2D eigenvalue weighted by Crippen LogP contribution is 2.35. The molecule has 1 saturated carbocycles. The fourth-order valence-electron chi connectivity index (χ4n) is 2.25. The van der Waals surface area contributed by atoms with Gasteiger partial charge in [-0.05, 0) is 31.7 Å². The smallest absolute Gasteiger partial charge is 0.422 e. The van der Waals surface area contributed by atoms with E-state index in [0.29, 0.717) is 0 Å². The third kappa shape index (κ3) is 4.60. The minimum absolute atomic E-state index is 0.0199. The van der Waals surface area contributed by atoms with Crippen molar-refractivity contribution in [1.29, 1.82) is 0 Å². The zero-order valence-corrected chi connectivity index (χ0v) is 14.6. The molecule has 0 saturated heterocycles. The summed E-state index contributed by atoms with van der Waals surface area (Å²) >= 11 is 0. The van der Waals surface area contributed by atoms with Crippen LogP contribution < -0.4 is 4.74 Å². The normalized spacial score (nSPS) is 17.3. The Hall–Kier alpha value is -1.35. The van der Waals surface area contributed by atoms with Gasteiger partial charge in [0.25, 0.3) is 0 Å². The first kappa shape index (κ1) is 19.0. The summed E-state index contributed by atoms with van der Waals surface area (Å²) in [5, 5.41) is 0. The number of sulfonamides is 1. The van der Waals surface area contributed by atoms with Crippen LogP contribution in [0.3, 0.4) is 0 Å². The molecule has 5 nitrogen and oxygen atoms in total. The van der Waals surface area contributed by atoms with Crippen molar-refractivity contribution in [2.45, 2.75) is 56.8 Å². The van der Waals surface area contributed by atoms with E-state index >= 15 is 0 Å². The maximum Gasteiger partial charge on any atom is 0.422 e. The van der Waals surface area contributed by atoms with Crippen molar-refractivity contribution in [2.24, 2.45) is 5.92 Å². The molecule has 1 fully saturated rings. The Balaban J connectivity index is 2.19. The average molecular weight is 366 g/mol. The highest BCUT2D eigenvalue weighted by molar-refractivity contribution is 7.89. The molecule has 9 heteroatoms. The van der Waals surface area contributed by atoms with Gasteiger partial charge >= 0.3 is 6.18 Å². The van der Waals surface area contributed by atoms with Crippen molar-refractivity contribution in [3.05, 3.63) is 18.3 Å². The van der Waals surface area contributed by atoms with E-state index in [-0.39, 0.29) is 28.8 Å². The number of nitrogens with zero attached hydrogens (tertiary/aromatic N) is 2. The lowest BCUT2D eigenvalue weighted by Crippen LogP contribution is -2.43. The standard InChI is InChI=1S/C15H21F3N2O3S/c1-10(2)11(3)20(12-4-5-12)24(21,22)13-6-7-14(19-8-13)23-9-15(16,17)18/h6-8,10-12H,4-5,9H2,1-3H3/t11-/m0/s1. The average Bonchev–Trinajstić information content (AvgIpc) is 3.29. The van der Waals surface area contributed by atoms with E-state index in [1.165, 1.54) is 10.4 Å². The molecule has 1 aromatic heterocycles. The summed E-state index contributed by atoms with van der Waals surface area (Å²) in [5.74, 6) is -0.121. The van der Waals surface area contributed by atoms with Gasteiger partial charge in [0, 0.05) is 18.2 Å². The van der Waals surface area contributed by atoms with Crippen LogP contribution in [-0.4, -0.2) is 42.6 Å². The van der Waals surface area contributed by atoms with Crippen LogP contribution in [0.4, 0.5) is 13.2 Å². The van der Waals surface area contributed by atoms with Crippen molar-refractivity contribution in [3.8, 4) is 5.88 Å². The van der Waals surface area contributed by atoms with Crippen molar-refractivity contribution in [3.63, 3.8) is 0 Å². The number of aromatic nitrogens is 1. The van der Waals surface area contributed by atoms with Gasteiger partial charge < -0.3 is 4.74 Å². The highest BCUT2D eigenvalue weighted by Gasteiger charge is 2.42. The monoisotopic (exact) mass is 366 g/mol. The molecule has 0 radical (unpaired) electrons. The van der Waals surface area contributed by atoms with Gasteiger partial charge in [0.15, 0.2) is 6.61 Å². The fourth-order valence-corrected chi connectivity index (χ4v) is 4.21. The van der Waals surface area contributed by atoms with E-state index in [9.17, 15) is 21.6 Å². The number of alkyl halides is 3. The third-order valence-electron chi connectivity index (χ3n) is 3.94. The summed E-state index contributed by atoms with van der Waals surface area (Å²) < 4.78 is 68.1. The lowest BCUT2D eigenvalue weighted by Gasteiger charge is -2.30. The van der Waals surface area contributed by atoms with Crippen LogP contribution in [0.1, 0.15) is 33.6 Å². The SMILES string of the molecule is CC(C)[C@H](C)N(C1CC1)S(=O)(=O)c1ccc(OCC(F)(F)F)nc1. The number of ether oxygens (including phenoxy) is 1. The van der Waals surface area contributed by atoms with Gasteiger partial charge in [0.05, 0.1) is 6.20 Å². The van der Waals surface area contributed by atoms with Gasteiger partial charge in [-0.1, -0.05) is 13.8 Å². The Morgan fingerprint density at radius 2 is 1.92 bits per heavy atom. The van der Waals surface area contributed by atoms with E-state index in [1.807, 2.05) is 20.8 Å². The largest absolute Gasteiger partial charge is 0.468 e. The molecular weight excluding hydrogens is 345 g/mol. The van der Waals surface area contributed by atoms with Crippen LogP contribution in [0.5, 0.6) is 5.88 Å². The van der Waals surface area contributed by atoms with Gasteiger partial charge in [-0.2, -0.15) is 17.5 Å². The van der Waals surface area contributed by atoms with Crippen molar-refractivity contribution < 1.29 is 26.3 Å². The molecule has 0 N–H and O–H groups in total. The molecule has 2 rings (SSSR count). The minimum Gasteiger partial charge on any atom is -0.468 e. The van der Waals surface area contributed by atoms with Gasteiger partial charge in [0.1, 0.15) is 4.90 Å². The second-order valence-corrected chi connectivity index (χ2v) is 8.13. The van der Waals surface area contributed by atoms with Crippen LogP contribution in [-0.2, 0) is 10.0 Å². The van der Waals surface area contributed by atoms with Crippen LogP contribution in [0.2, 0.25) is 0 Å². The Kier molecular flexibility index (Phi) is 5.44. The molecule has 1 aliphatic carbocycles. The predicted molar refractivity (Wildman–Crippen MR) is 82.1 cm³/mol. The van der Waals surface area contributed by atoms with E-state index < -0.39 is 22.8 Å². The first-order valence-corrected chi connectivity index (χ1v) is 9.15. The Morgan fingerprint density at radius 1 is 1.29 bits per heavy atom. The second kappa shape index (κ2) is 6.87. The molecule has 1 atom stereocenters. The van der Waals surface area contributed by atoms with E-state index in [2.05, 4.69) is 9.72 Å². The van der Waals surface area contributed by atoms with Gasteiger partial charge in [0.2, 0.25) is 15.9 Å². The summed E-state index contributed by atoms with van der Waals surface area (Å²) in [6.45, 7) is 4.28. The molecule has 0 bridgehead atoms. The van der Waals surface area contributed by atoms with Crippen LogP contribution in [0, 0.1) is 5.92 Å². The molecule has 1 aromatic rings. The lowest BCUT2D eigenvalue weighted by molar-refractivity contribution is -0.154. The molecule has 0 unspecified atom stereocenters. The maximum absolute atomic E-state index is 12.9. The number of hydrogen-bond acceptors (Lipinski definition) is 4. The number of hydrogen-bond donors (Lipinski definition) is 0. The predicted octanol–water partition coefficient (Wildman–Crippen LogP) is 3.22. The zero-order chi connectivity index (χ0) is 18.1. The van der Waals surface area contributed by atoms with Crippen molar-refractivity contribution >= 4 is 10.0 Å². The van der Waals surface area contributed by atoms with E-state index in [4.69, 9.17) is 0 Å². The fraction of sp³-hybridized carbons (Fsp3) is 0.667. The summed E-state index contributed by atoms with van der Waals surface area (Å²) in [7, 11) is -3.75. The Morgan fingerprint density at radius 3 is 2.33 bits per heavy atom. The quantitative estimate of drug-likeness (QED) is 0.743. The molecular formula is C15H21F3N2O3S. The number of halogens is 3. The van der Waals surface area contributed by atoms with Crippen molar-refractivity contribution in [2.75, 3.05) is 6.61 Å². The summed E-state index contributed by atoms with van der Waals surface area (Å²) in [4.78, 5) is 3.65. The number of rotatable bonds is 7. The zero-order valence-electron chi connectivity index (χ0n) is 13.7. The van der Waals surface area contributed by atoms with Crippen LogP contribution in [0.25, 0.3) is 0 Å². The maximum atomic E-state index is 12.9. The number of pyridine rings is 1. The van der Waals surface area contributed by atoms with Crippen LogP contribution in [0.15, 0.2) is 23.2 Å². The van der Waals surface area contributed by atoms with Crippen molar-refractivity contribution in [1.82, 2.24) is 9.29 Å². The lowest BCUT2D eigenvalue weighted by atomic mass is 10.1.